The zero-order valence-corrected chi connectivity index (χ0v) is 25.4. The molecule has 2 aliphatic heterocycles. The quantitative estimate of drug-likeness (QED) is 0.135. The number of fused-ring (bicyclic) bond motifs is 2. The smallest absolute Gasteiger partial charge is 0.349 e. The summed E-state index contributed by atoms with van der Waals surface area (Å²) in [4.78, 5) is 35.4. The van der Waals surface area contributed by atoms with E-state index in [2.05, 4.69) is 15.0 Å². The first-order valence-electron chi connectivity index (χ1n) is 15.0. The molecule has 10 nitrogen and oxygen atoms in total. The van der Waals surface area contributed by atoms with Crippen LogP contribution in [0.5, 0.6) is 0 Å². The second-order valence-corrected chi connectivity index (χ2v) is 11.4. The van der Waals surface area contributed by atoms with Gasteiger partial charge in [-0.05, 0) is 53.8 Å². The summed E-state index contributed by atoms with van der Waals surface area (Å²) >= 11 is 0. The van der Waals surface area contributed by atoms with Crippen LogP contribution >= 0.6 is 0 Å². The van der Waals surface area contributed by atoms with E-state index < -0.39 is 35.2 Å². The normalized spacial score (nSPS) is 13.9. The Morgan fingerprint density at radius 2 is 1.28 bits per heavy atom. The first-order chi connectivity index (χ1) is 22.2. The number of ether oxygens (including phenoxy) is 1. The van der Waals surface area contributed by atoms with Crippen molar-refractivity contribution in [3.63, 3.8) is 0 Å². The highest BCUT2D eigenvalue weighted by atomic mass is 16.5. The Bertz CT molecular complexity index is 1950. The molecule has 4 aromatic carbocycles. The maximum atomic E-state index is 12.7. The number of benzene rings is 4. The fraction of sp³-hybridized carbons (Fsp3) is 0.222. The number of rotatable bonds is 10. The summed E-state index contributed by atoms with van der Waals surface area (Å²) in [7, 11) is 0. The van der Waals surface area contributed by atoms with Gasteiger partial charge in [0.2, 0.25) is 0 Å². The number of H-pyrrole nitrogens is 1. The summed E-state index contributed by atoms with van der Waals surface area (Å²) in [6.45, 7) is 3.16. The van der Waals surface area contributed by atoms with Gasteiger partial charge in [0.1, 0.15) is 23.9 Å². The highest BCUT2D eigenvalue weighted by Crippen LogP contribution is 2.40. The van der Waals surface area contributed by atoms with Crippen LogP contribution in [0.15, 0.2) is 113 Å². The molecule has 2 aliphatic rings. The third-order valence-electron chi connectivity index (χ3n) is 8.39. The molecule has 6 rings (SSSR count). The van der Waals surface area contributed by atoms with Gasteiger partial charge in [0, 0.05) is 0 Å². The Balaban J connectivity index is 1.34. The molecule has 10 heteroatoms. The predicted molar refractivity (Wildman–Crippen MR) is 174 cm³/mol. The number of aryl methyl sites for hydroxylation is 2. The lowest BCUT2D eigenvalue weighted by atomic mass is 9.80. The lowest BCUT2D eigenvalue weighted by molar-refractivity contribution is -0.112. The molecule has 0 radical (unpaired) electrons. The maximum absolute atomic E-state index is 12.7. The molecule has 0 saturated heterocycles. The van der Waals surface area contributed by atoms with E-state index in [9.17, 15) is 24.9 Å². The molecule has 0 saturated carbocycles. The second-order valence-electron chi connectivity index (χ2n) is 11.4. The molecule has 3 atom stereocenters. The van der Waals surface area contributed by atoms with Gasteiger partial charge in [0.25, 0.3) is 5.56 Å². The SMILES string of the molecule is Cc1cc2nc3c(=O)[nH]c(=O)nc-3n(C[C@H](O)[C@H](O)[C@H](O)COC(c3ccccc3)(c3ccccc3)c3ccccc3)c2cc1C. The molecule has 0 amide bonds. The Kier molecular flexibility index (Phi) is 8.61. The summed E-state index contributed by atoms with van der Waals surface area (Å²) in [5.74, 6) is -0.0438. The van der Waals surface area contributed by atoms with Gasteiger partial charge in [-0.15, -0.1) is 0 Å². The van der Waals surface area contributed by atoms with E-state index in [0.717, 1.165) is 27.8 Å². The number of hydrogen-bond donors (Lipinski definition) is 4. The van der Waals surface area contributed by atoms with Gasteiger partial charge in [0.15, 0.2) is 11.5 Å². The molecular weight excluding hydrogens is 584 g/mol. The van der Waals surface area contributed by atoms with Crippen LogP contribution < -0.4 is 11.2 Å². The van der Waals surface area contributed by atoms with Gasteiger partial charge in [-0.3, -0.25) is 9.78 Å². The van der Waals surface area contributed by atoms with Gasteiger partial charge in [-0.1, -0.05) is 91.0 Å². The number of hydrogen-bond acceptors (Lipinski definition) is 8. The molecule has 2 heterocycles. The van der Waals surface area contributed by atoms with Crippen LogP contribution in [0.2, 0.25) is 0 Å². The minimum atomic E-state index is -1.67. The van der Waals surface area contributed by atoms with E-state index in [1.54, 1.807) is 6.07 Å². The second kappa shape index (κ2) is 12.8. The van der Waals surface area contributed by atoms with Gasteiger partial charge in [-0.25, -0.2) is 9.78 Å². The highest BCUT2D eigenvalue weighted by Gasteiger charge is 2.39. The molecule has 0 unspecified atom stereocenters. The van der Waals surface area contributed by atoms with Crippen LogP contribution in [0.1, 0.15) is 27.8 Å². The summed E-state index contributed by atoms with van der Waals surface area (Å²) in [6, 6.07) is 32.4. The first kappa shape index (κ1) is 31.0. The number of aromatic amines is 1. The van der Waals surface area contributed by atoms with Crippen LogP contribution in [0.3, 0.4) is 0 Å². The largest absolute Gasteiger partial charge is 0.388 e. The summed E-state index contributed by atoms with van der Waals surface area (Å²) in [5, 5.41) is 33.8. The summed E-state index contributed by atoms with van der Waals surface area (Å²) in [6.07, 6.45) is -4.75. The number of nitrogens with one attached hydrogen (secondary N) is 1. The monoisotopic (exact) mass is 618 g/mol. The van der Waals surface area contributed by atoms with Crippen molar-refractivity contribution in [3.05, 3.63) is 152 Å². The van der Waals surface area contributed by atoms with Crippen LogP contribution in [-0.4, -0.2) is 59.8 Å². The zero-order chi connectivity index (χ0) is 32.4. The van der Waals surface area contributed by atoms with Gasteiger partial charge in [-0.2, -0.15) is 4.98 Å². The summed E-state index contributed by atoms with van der Waals surface area (Å²) < 4.78 is 8.11. The average Bonchev–Trinajstić information content (AvgIpc) is 3.07. The molecule has 0 bridgehead atoms. The highest BCUT2D eigenvalue weighted by molar-refractivity contribution is 5.81. The number of nitrogens with zero attached hydrogens (tertiary/aromatic N) is 3. The van der Waals surface area contributed by atoms with E-state index in [4.69, 9.17) is 4.74 Å². The Morgan fingerprint density at radius 3 is 1.83 bits per heavy atom. The molecule has 46 heavy (non-hydrogen) atoms. The first-order valence-corrected chi connectivity index (χ1v) is 15.0. The number of aliphatic hydroxyl groups excluding tert-OH is 3. The molecule has 0 spiro atoms. The van der Waals surface area contributed by atoms with Crippen molar-refractivity contribution in [2.24, 2.45) is 0 Å². The van der Waals surface area contributed by atoms with E-state index in [1.165, 1.54) is 4.57 Å². The molecule has 4 N–H and O–H groups in total. The minimum absolute atomic E-state index is 0.0438. The fourth-order valence-electron chi connectivity index (χ4n) is 5.86. The molecular formula is C36H34N4O6. The Labute approximate surface area is 264 Å². The zero-order valence-electron chi connectivity index (χ0n) is 25.4. The van der Waals surface area contributed by atoms with Gasteiger partial charge >= 0.3 is 5.69 Å². The van der Waals surface area contributed by atoms with Gasteiger partial charge in [0.05, 0.1) is 24.2 Å². The van der Waals surface area contributed by atoms with Crippen molar-refractivity contribution in [2.75, 3.05) is 6.61 Å². The number of aliphatic hydroxyl groups is 3. The molecule has 0 aliphatic carbocycles. The van der Waals surface area contributed by atoms with Crippen LogP contribution in [0.25, 0.3) is 22.6 Å². The Hall–Kier alpha value is -5.00. The van der Waals surface area contributed by atoms with E-state index >= 15 is 0 Å². The lowest BCUT2D eigenvalue weighted by Gasteiger charge is -2.37. The third kappa shape index (κ3) is 5.75. The lowest BCUT2D eigenvalue weighted by Crippen LogP contribution is -2.45. The molecule has 4 aromatic rings. The van der Waals surface area contributed by atoms with Crippen molar-refractivity contribution in [2.45, 2.75) is 44.3 Å². The standard InChI is InChI=1S/C36H34N4O6/c1-22-18-27-28(19-23(22)2)40(33-31(37-27)34(44)39-35(45)38-33)20-29(41)32(43)30(42)21-46-36(24-12-6-3-7-13-24,25-14-8-4-9-15-25)26-16-10-5-11-17-26/h3-19,29-30,32,41-43H,20-21H2,1-2H3,(H,39,44,45)/t29-,30+,32-/m0/s1. The Morgan fingerprint density at radius 1 is 0.761 bits per heavy atom. The fourth-order valence-corrected chi connectivity index (χ4v) is 5.86. The molecule has 234 valence electrons. The topological polar surface area (TPSA) is 151 Å². The van der Waals surface area contributed by atoms with Crippen molar-refractivity contribution in [1.29, 1.82) is 0 Å². The molecule has 0 aromatic heterocycles. The van der Waals surface area contributed by atoms with Crippen molar-refractivity contribution in [1.82, 2.24) is 19.5 Å². The van der Waals surface area contributed by atoms with Crippen LogP contribution in [-0.2, 0) is 16.9 Å². The minimum Gasteiger partial charge on any atom is -0.388 e. The maximum Gasteiger partial charge on any atom is 0.349 e. The average molecular weight is 619 g/mol. The van der Waals surface area contributed by atoms with E-state index in [1.807, 2.05) is 111 Å². The summed E-state index contributed by atoms with van der Waals surface area (Å²) in [5.41, 5.74) is 2.43. The van der Waals surface area contributed by atoms with Crippen LogP contribution in [0.4, 0.5) is 0 Å². The predicted octanol–water partition coefficient (Wildman–Crippen LogP) is 3.29. The van der Waals surface area contributed by atoms with Crippen molar-refractivity contribution in [3.8, 4) is 11.5 Å². The van der Waals surface area contributed by atoms with Crippen molar-refractivity contribution >= 4 is 11.0 Å². The third-order valence-corrected chi connectivity index (χ3v) is 8.39. The number of aromatic nitrogens is 4. The molecule has 0 fully saturated rings. The van der Waals surface area contributed by atoms with E-state index in [0.29, 0.717) is 11.0 Å². The van der Waals surface area contributed by atoms with Crippen LogP contribution in [0, 0.1) is 13.8 Å². The van der Waals surface area contributed by atoms with E-state index in [-0.39, 0.29) is 24.7 Å². The van der Waals surface area contributed by atoms with Crippen molar-refractivity contribution < 1.29 is 20.1 Å². The van der Waals surface area contributed by atoms with Gasteiger partial charge < -0.3 is 24.6 Å².